The van der Waals surface area contributed by atoms with E-state index in [4.69, 9.17) is 14.6 Å². The van der Waals surface area contributed by atoms with Gasteiger partial charge < -0.3 is 19.9 Å². The van der Waals surface area contributed by atoms with Crippen molar-refractivity contribution in [2.45, 2.75) is 6.61 Å². The third-order valence-corrected chi connectivity index (χ3v) is 5.68. The summed E-state index contributed by atoms with van der Waals surface area (Å²) in [7, 11) is 1.48. The van der Waals surface area contributed by atoms with E-state index in [0.717, 1.165) is 10.0 Å². The Balaban J connectivity index is 1.79. The Bertz CT molecular complexity index is 1300. The number of halogens is 2. The summed E-state index contributed by atoms with van der Waals surface area (Å²) < 4.78 is 12.7. The molecule has 34 heavy (non-hydrogen) atoms. The standard InChI is InChI=1S/C25H18Br2N2O5/c1-33-22-11-16(9-18(13-28)24(30)29-20-4-2-3-19(26)12-20)10-21(27)23(22)34-14-15-5-7-17(8-6-15)25(31)32/h2-12H,14H2,1H3,(H,29,30)(H,31,32)/b18-9-. The van der Waals surface area contributed by atoms with E-state index in [9.17, 15) is 14.9 Å². The first-order valence-electron chi connectivity index (χ1n) is 9.82. The van der Waals surface area contributed by atoms with Crippen molar-refractivity contribution in [3.8, 4) is 17.6 Å². The fourth-order valence-corrected chi connectivity index (χ4v) is 3.92. The maximum atomic E-state index is 12.6. The summed E-state index contributed by atoms with van der Waals surface area (Å²) in [5.41, 5.74) is 2.00. The van der Waals surface area contributed by atoms with Gasteiger partial charge in [0.05, 0.1) is 17.1 Å². The van der Waals surface area contributed by atoms with Crippen molar-refractivity contribution in [2.75, 3.05) is 12.4 Å². The lowest BCUT2D eigenvalue weighted by Gasteiger charge is -2.14. The molecular formula is C25H18Br2N2O5. The summed E-state index contributed by atoms with van der Waals surface area (Å²) in [5.74, 6) is -0.713. The first-order valence-corrected chi connectivity index (χ1v) is 11.4. The Morgan fingerprint density at radius 1 is 1.12 bits per heavy atom. The van der Waals surface area contributed by atoms with E-state index in [1.165, 1.54) is 25.3 Å². The minimum Gasteiger partial charge on any atom is -0.493 e. The molecule has 1 amide bonds. The molecule has 3 aromatic carbocycles. The highest BCUT2D eigenvalue weighted by Gasteiger charge is 2.15. The molecule has 0 spiro atoms. The molecule has 0 bridgehead atoms. The first kappa shape index (κ1) is 25.0. The van der Waals surface area contributed by atoms with E-state index < -0.39 is 11.9 Å². The number of anilines is 1. The number of carbonyl (C=O) groups is 2. The number of rotatable bonds is 8. The van der Waals surface area contributed by atoms with Gasteiger partial charge in [0.25, 0.3) is 5.91 Å². The number of nitrogens with zero attached hydrogens (tertiary/aromatic N) is 1. The maximum absolute atomic E-state index is 12.6. The zero-order valence-electron chi connectivity index (χ0n) is 17.8. The molecule has 0 fully saturated rings. The molecule has 0 aliphatic carbocycles. The van der Waals surface area contributed by atoms with Gasteiger partial charge in [0.1, 0.15) is 18.2 Å². The third kappa shape index (κ3) is 6.47. The van der Waals surface area contributed by atoms with Gasteiger partial charge in [-0.25, -0.2) is 4.79 Å². The number of carboxylic acids is 1. The highest BCUT2D eigenvalue weighted by molar-refractivity contribution is 9.10. The van der Waals surface area contributed by atoms with Crippen LogP contribution in [0, 0.1) is 11.3 Å². The molecule has 3 rings (SSSR count). The smallest absolute Gasteiger partial charge is 0.335 e. The fourth-order valence-electron chi connectivity index (χ4n) is 2.94. The molecule has 3 aromatic rings. The van der Waals surface area contributed by atoms with Crippen molar-refractivity contribution < 1.29 is 24.2 Å². The van der Waals surface area contributed by atoms with Gasteiger partial charge in [-0.05, 0) is 75.6 Å². The van der Waals surface area contributed by atoms with Gasteiger partial charge in [0, 0.05) is 10.2 Å². The lowest BCUT2D eigenvalue weighted by atomic mass is 10.1. The number of benzene rings is 3. The topological polar surface area (TPSA) is 109 Å². The average molecular weight is 586 g/mol. The van der Waals surface area contributed by atoms with E-state index in [1.807, 2.05) is 12.1 Å². The van der Waals surface area contributed by atoms with Crippen LogP contribution in [0.5, 0.6) is 11.5 Å². The quantitative estimate of drug-likeness (QED) is 0.246. The van der Waals surface area contributed by atoms with Crippen LogP contribution >= 0.6 is 31.9 Å². The normalized spacial score (nSPS) is 10.8. The van der Waals surface area contributed by atoms with Crippen LogP contribution in [0.1, 0.15) is 21.5 Å². The lowest BCUT2D eigenvalue weighted by Crippen LogP contribution is -2.13. The van der Waals surface area contributed by atoms with Crippen LogP contribution in [-0.4, -0.2) is 24.1 Å². The number of ether oxygens (including phenoxy) is 2. The predicted octanol–water partition coefficient (Wildman–Crippen LogP) is 6.04. The number of carbonyl (C=O) groups excluding carboxylic acids is 1. The molecule has 0 unspecified atom stereocenters. The van der Waals surface area contributed by atoms with E-state index in [1.54, 1.807) is 42.5 Å². The number of aromatic carboxylic acids is 1. The Morgan fingerprint density at radius 2 is 1.85 bits per heavy atom. The monoisotopic (exact) mass is 584 g/mol. The van der Waals surface area contributed by atoms with Crippen molar-refractivity contribution in [2.24, 2.45) is 0 Å². The van der Waals surface area contributed by atoms with Crippen LogP contribution < -0.4 is 14.8 Å². The number of methoxy groups -OCH3 is 1. The van der Waals surface area contributed by atoms with Crippen molar-refractivity contribution in [3.05, 3.63) is 91.9 Å². The SMILES string of the molecule is COc1cc(/C=C(/C#N)C(=O)Nc2cccc(Br)c2)cc(Br)c1OCc1ccc(C(=O)O)cc1. The summed E-state index contributed by atoms with van der Waals surface area (Å²) >= 11 is 6.79. The molecular weight excluding hydrogens is 568 g/mol. The van der Waals surface area contributed by atoms with Crippen molar-refractivity contribution in [3.63, 3.8) is 0 Å². The Morgan fingerprint density at radius 3 is 2.47 bits per heavy atom. The van der Waals surface area contributed by atoms with Gasteiger partial charge in [-0.15, -0.1) is 0 Å². The van der Waals surface area contributed by atoms with Gasteiger partial charge in [0.2, 0.25) is 0 Å². The number of nitriles is 1. The van der Waals surface area contributed by atoms with Crippen LogP contribution in [0.25, 0.3) is 6.08 Å². The average Bonchev–Trinajstić information content (AvgIpc) is 2.81. The predicted molar refractivity (Wildman–Crippen MR) is 135 cm³/mol. The van der Waals surface area contributed by atoms with E-state index >= 15 is 0 Å². The molecule has 2 N–H and O–H groups in total. The van der Waals surface area contributed by atoms with Crippen molar-refractivity contribution in [1.82, 2.24) is 0 Å². The summed E-state index contributed by atoms with van der Waals surface area (Å²) in [5, 5.41) is 21.2. The molecule has 172 valence electrons. The van der Waals surface area contributed by atoms with Gasteiger partial charge in [-0.3, -0.25) is 4.79 Å². The minimum absolute atomic E-state index is 0.0823. The van der Waals surface area contributed by atoms with Gasteiger partial charge >= 0.3 is 5.97 Å². The molecule has 0 aliphatic heterocycles. The van der Waals surface area contributed by atoms with Crippen molar-refractivity contribution in [1.29, 1.82) is 5.26 Å². The second kappa shape index (κ2) is 11.5. The van der Waals surface area contributed by atoms with Crippen LogP contribution in [-0.2, 0) is 11.4 Å². The highest BCUT2D eigenvalue weighted by Crippen LogP contribution is 2.38. The Labute approximate surface area is 212 Å². The molecule has 7 nitrogen and oxygen atoms in total. The van der Waals surface area contributed by atoms with Gasteiger partial charge in [-0.2, -0.15) is 5.26 Å². The fraction of sp³-hybridized carbons (Fsp3) is 0.0800. The minimum atomic E-state index is -0.998. The largest absolute Gasteiger partial charge is 0.493 e. The Hall–Kier alpha value is -3.61. The van der Waals surface area contributed by atoms with Gasteiger partial charge in [0.15, 0.2) is 11.5 Å². The summed E-state index contributed by atoms with van der Waals surface area (Å²) in [6.45, 7) is 0.183. The summed E-state index contributed by atoms with van der Waals surface area (Å²) in [6.07, 6.45) is 1.45. The van der Waals surface area contributed by atoms with Crippen LogP contribution in [0.4, 0.5) is 5.69 Å². The van der Waals surface area contributed by atoms with Crippen LogP contribution in [0.15, 0.2) is 75.2 Å². The molecule has 0 saturated heterocycles. The number of amides is 1. The second-order valence-electron chi connectivity index (χ2n) is 6.96. The molecule has 0 atom stereocenters. The van der Waals surface area contributed by atoms with E-state index in [-0.39, 0.29) is 17.7 Å². The number of hydrogen-bond acceptors (Lipinski definition) is 5. The van der Waals surface area contributed by atoms with Gasteiger partial charge in [-0.1, -0.05) is 34.1 Å². The van der Waals surface area contributed by atoms with E-state index in [0.29, 0.717) is 27.2 Å². The maximum Gasteiger partial charge on any atom is 0.335 e. The van der Waals surface area contributed by atoms with E-state index in [2.05, 4.69) is 37.2 Å². The third-order valence-electron chi connectivity index (χ3n) is 4.59. The number of nitrogens with one attached hydrogen (secondary N) is 1. The molecule has 0 radical (unpaired) electrons. The molecule has 0 saturated carbocycles. The zero-order valence-corrected chi connectivity index (χ0v) is 21.0. The molecule has 9 heteroatoms. The first-order chi connectivity index (χ1) is 16.3. The van der Waals surface area contributed by atoms with Crippen LogP contribution in [0.3, 0.4) is 0 Å². The highest BCUT2D eigenvalue weighted by atomic mass is 79.9. The molecule has 0 aromatic heterocycles. The second-order valence-corrected chi connectivity index (χ2v) is 8.73. The zero-order chi connectivity index (χ0) is 24.7. The lowest BCUT2D eigenvalue weighted by molar-refractivity contribution is -0.112. The molecule has 0 heterocycles. The number of hydrogen-bond donors (Lipinski definition) is 2. The van der Waals surface area contributed by atoms with Crippen molar-refractivity contribution >= 4 is 55.5 Å². The van der Waals surface area contributed by atoms with Crippen LogP contribution in [0.2, 0.25) is 0 Å². The Kier molecular flexibility index (Phi) is 8.46. The summed E-state index contributed by atoms with van der Waals surface area (Å²) in [6, 6.07) is 18.7. The number of carboxylic acid groups (broad SMARTS) is 1. The summed E-state index contributed by atoms with van der Waals surface area (Å²) in [4.78, 5) is 23.6. The molecule has 0 aliphatic rings.